The van der Waals surface area contributed by atoms with Crippen molar-refractivity contribution >= 4 is 17.1 Å². The Balaban J connectivity index is 0.000000890. The predicted octanol–water partition coefficient (Wildman–Crippen LogP) is 5.79. The number of aliphatic carboxylic acids is 1. The van der Waals surface area contributed by atoms with Crippen molar-refractivity contribution in [2.24, 2.45) is 0 Å². The Bertz CT molecular complexity index is 1020. The molecule has 0 aliphatic rings. The number of hydrogen-bond acceptors (Lipinski definition) is 4. The molecule has 0 heterocycles. The van der Waals surface area contributed by atoms with Crippen LogP contribution < -0.4 is 4.74 Å². The fourth-order valence-electron chi connectivity index (χ4n) is 3.37. The summed E-state index contributed by atoms with van der Waals surface area (Å²) in [6.45, 7) is 4.81. The molecule has 5 heteroatoms. The molecule has 3 rings (SSSR count). The van der Waals surface area contributed by atoms with Crippen LogP contribution in [0.5, 0.6) is 11.5 Å². The molecule has 0 saturated heterocycles. The molecule has 0 aromatic heterocycles. The molecule has 3 aromatic carbocycles. The maximum absolute atomic E-state index is 9.74. The van der Waals surface area contributed by atoms with Gasteiger partial charge in [-0.3, -0.25) is 4.79 Å². The van der Waals surface area contributed by atoms with Gasteiger partial charge in [0.25, 0.3) is 5.97 Å². The summed E-state index contributed by atoms with van der Waals surface area (Å²) in [5, 5.41) is 17.2. The van der Waals surface area contributed by atoms with Crippen LogP contribution in [-0.4, -0.2) is 48.3 Å². The number of carboxylic acid groups (broad SMARTS) is 1. The normalized spacial score (nSPS) is 11.3. The van der Waals surface area contributed by atoms with Crippen molar-refractivity contribution in [3.8, 4) is 11.5 Å². The van der Waals surface area contributed by atoms with Crippen molar-refractivity contribution in [1.29, 1.82) is 0 Å². The number of hydrogen-bond donors (Lipinski definition) is 2. The van der Waals surface area contributed by atoms with Gasteiger partial charge in [0, 0.05) is 13.5 Å². The Kier molecular flexibility index (Phi) is 10.2. The van der Waals surface area contributed by atoms with Crippen LogP contribution in [-0.2, 0) is 4.79 Å². The number of rotatable bonds is 8. The number of carboxylic acids is 1. The second kappa shape index (κ2) is 13.1. The second-order valence-electron chi connectivity index (χ2n) is 7.82. The number of phenolic OH excluding ortho intramolecular Hbond substituents is 1. The Morgan fingerprint density at radius 2 is 1.36 bits per heavy atom. The van der Waals surface area contributed by atoms with Crippen LogP contribution in [0.4, 0.5) is 0 Å². The van der Waals surface area contributed by atoms with Gasteiger partial charge in [-0.1, -0.05) is 61.5 Å². The lowest BCUT2D eigenvalue weighted by molar-refractivity contribution is -0.134. The van der Waals surface area contributed by atoms with Crippen LogP contribution in [0.1, 0.15) is 37.0 Å². The molecule has 33 heavy (non-hydrogen) atoms. The minimum Gasteiger partial charge on any atom is -0.508 e. The van der Waals surface area contributed by atoms with E-state index in [2.05, 4.69) is 48.2 Å². The van der Waals surface area contributed by atoms with Crippen LogP contribution in [0.25, 0.3) is 11.1 Å². The quantitative estimate of drug-likeness (QED) is 0.428. The van der Waals surface area contributed by atoms with E-state index in [9.17, 15) is 5.11 Å². The summed E-state index contributed by atoms with van der Waals surface area (Å²) in [4.78, 5) is 11.1. The summed E-state index contributed by atoms with van der Waals surface area (Å²) in [6.07, 6.45) is 0.904. The summed E-state index contributed by atoms with van der Waals surface area (Å²) >= 11 is 0. The predicted molar refractivity (Wildman–Crippen MR) is 135 cm³/mol. The number of aromatic hydroxyl groups is 1. The van der Waals surface area contributed by atoms with E-state index in [1.165, 1.54) is 16.7 Å². The molecule has 3 aromatic rings. The number of ether oxygens (including phenoxy) is 1. The zero-order valence-electron chi connectivity index (χ0n) is 19.8. The van der Waals surface area contributed by atoms with Crippen LogP contribution in [0.3, 0.4) is 0 Å². The highest BCUT2D eigenvalue weighted by Crippen LogP contribution is 2.35. The van der Waals surface area contributed by atoms with Crippen LogP contribution in [0, 0.1) is 0 Å². The van der Waals surface area contributed by atoms with Gasteiger partial charge >= 0.3 is 0 Å². The van der Waals surface area contributed by atoms with Crippen molar-refractivity contribution in [1.82, 2.24) is 4.90 Å². The smallest absolute Gasteiger partial charge is 0.300 e. The molecule has 0 amide bonds. The number of phenols is 1. The number of benzene rings is 3. The third-order valence-electron chi connectivity index (χ3n) is 4.88. The first-order chi connectivity index (χ1) is 15.8. The largest absolute Gasteiger partial charge is 0.508 e. The maximum Gasteiger partial charge on any atom is 0.300 e. The Morgan fingerprint density at radius 1 is 0.848 bits per heavy atom. The highest BCUT2D eigenvalue weighted by Gasteiger charge is 2.13. The van der Waals surface area contributed by atoms with Crippen molar-refractivity contribution < 1.29 is 19.7 Å². The zero-order valence-corrected chi connectivity index (χ0v) is 19.8. The second-order valence-corrected chi connectivity index (χ2v) is 7.82. The van der Waals surface area contributed by atoms with E-state index in [4.69, 9.17) is 14.6 Å². The zero-order chi connectivity index (χ0) is 24.2. The van der Waals surface area contributed by atoms with E-state index >= 15 is 0 Å². The van der Waals surface area contributed by atoms with Crippen molar-refractivity contribution in [2.45, 2.75) is 20.3 Å². The van der Waals surface area contributed by atoms with E-state index in [0.717, 1.165) is 36.8 Å². The molecule has 2 N–H and O–H groups in total. The maximum atomic E-state index is 9.74. The number of nitrogens with zero attached hydrogens (tertiary/aromatic N) is 1. The SMILES string of the molecule is CC(=O)O.CC/C(=C(/c1ccc(O)cc1)c1ccc(OCCN(C)C)cc1)c1ccccc1. The van der Waals surface area contributed by atoms with Gasteiger partial charge < -0.3 is 19.8 Å². The van der Waals surface area contributed by atoms with Gasteiger partial charge in [-0.05, 0) is 72.6 Å². The summed E-state index contributed by atoms with van der Waals surface area (Å²) in [7, 11) is 4.08. The molecular formula is C28H33NO4. The van der Waals surface area contributed by atoms with Gasteiger partial charge in [-0.25, -0.2) is 0 Å². The van der Waals surface area contributed by atoms with Crippen molar-refractivity contribution in [3.05, 3.63) is 95.6 Å². The fourth-order valence-corrected chi connectivity index (χ4v) is 3.37. The van der Waals surface area contributed by atoms with Gasteiger partial charge in [-0.2, -0.15) is 0 Å². The Labute approximate surface area is 196 Å². The monoisotopic (exact) mass is 447 g/mol. The highest BCUT2D eigenvalue weighted by atomic mass is 16.5. The van der Waals surface area contributed by atoms with E-state index in [1.54, 1.807) is 12.1 Å². The average molecular weight is 448 g/mol. The number of likely N-dealkylation sites (N-methyl/N-ethyl adjacent to an activating group) is 1. The average Bonchev–Trinajstić information content (AvgIpc) is 2.79. The molecule has 0 bridgehead atoms. The van der Waals surface area contributed by atoms with E-state index < -0.39 is 5.97 Å². The third-order valence-corrected chi connectivity index (χ3v) is 4.88. The molecular weight excluding hydrogens is 414 g/mol. The summed E-state index contributed by atoms with van der Waals surface area (Å²) in [5.74, 6) is 0.314. The number of allylic oxidation sites excluding steroid dienone is 1. The molecule has 0 atom stereocenters. The molecule has 0 unspecified atom stereocenters. The summed E-state index contributed by atoms with van der Waals surface area (Å²) in [6, 6.07) is 26.2. The van der Waals surface area contributed by atoms with Crippen LogP contribution in [0.15, 0.2) is 78.9 Å². The van der Waals surface area contributed by atoms with E-state index in [1.807, 2.05) is 44.4 Å². The third kappa shape index (κ3) is 8.47. The molecule has 0 spiro atoms. The first-order valence-electron chi connectivity index (χ1n) is 11.0. The molecule has 0 aliphatic heterocycles. The minimum absolute atomic E-state index is 0.274. The molecule has 0 radical (unpaired) electrons. The molecule has 0 aliphatic carbocycles. The van der Waals surface area contributed by atoms with Gasteiger partial charge in [0.15, 0.2) is 0 Å². The first kappa shape index (κ1) is 25.7. The van der Waals surface area contributed by atoms with Crippen molar-refractivity contribution in [2.75, 3.05) is 27.2 Å². The molecule has 174 valence electrons. The molecule has 5 nitrogen and oxygen atoms in total. The lowest BCUT2D eigenvalue weighted by Crippen LogP contribution is -2.19. The first-order valence-corrected chi connectivity index (χ1v) is 11.0. The van der Waals surface area contributed by atoms with Crippen LogP contribution >= 0.6 is 0 Å². The van der Waals surface area contributed by atoms with Crippen molar-refractivity contribution in [3.63, 3.8) is 0 Å². The standard InChI is InChI=1S/C26H29NO2.C2H4O2/c1-4-25(20-8-6-5-7-9-20)26(21-10-14-23(28)15-11-21)22-12-16-24(17-13-22)29-19-18-27(2)3;1-2(3)4/h5-17,28H,4,18-19H2,1-3H3;1H3,(H,3,4)/b26-25+;. The highest BCUT2D eigenvalue weighted by molar-refractivity contribution is 5.98. The summed E-state index contributed by atoms with van der Waals surface area (Å²) < 4.78 is 5.85. The lowest BCUT2D eigenvalue weighted by Gasteiger charge is -2.17. The van der Waals surface area contributed by atoms with Gasteiger partial charge in [0.1, 0.15) is 18.1 Å². The Hall–Kier alpha value is -3.57. The van der Waals surface area contributed by atoms with Gasteiger partial charge in [-0.15, -0.1) is 0 Å². The van der Waals surface area contributed by atoms with E-state index in [-0.39, 0.29) is 5.75 Å². The van der Waals surface area contributed by atoms with Gasteiger partial charge in [0.05, 0.1) is 0 Å². The summed E-state index contributed by atoms with van der Waals surface area (Å²) in [5.41, 5.74) is 5.89. The Morgan fingerprint density at radius 3 is 1.85 bits per heavy atom. The van der Waals surface area contributed by atoms with Gasteiger partial charge in [0.2, 0.25) is 0 Å². The lowest BCUT2D eigenvalue weighted by atomic mass is 9.88. The molecule has 0 saturated carbocycles. The van der Waals surface area contributed by atoms with Crippen LogP contribution in [0.2, 0.25) is 0 Å². The minimum atomic E-state index is -0.833. The van der Waals surface area contributed by atoms with E-state index in [0.29, 0.717) is 6.61 Å². The fraction of sp³-hybridized carbons (Fsp3) is 0.250. The molecule has 0 fully saturated rings. The topological polar surface area (TPSA) is 70.0 Å². The number of carbonyl (C=O) groups is 1.